The van der Waals surface area contributed by atoms with Crippen molar-refractivity contribution in [2.24, 2.45) is 0 Å². The zero-order chi connectivity index (χ0) is 19.8. The van der Waals surface area contributed by atoms with E-state index in [1.807, 2.05) is 24.3 Å². The molecule has 0 aliphatic heterocycles. The lowest BCUT2D eigenvalue weighted by Crippen LogP contribution is -2.29. The van der Waals surface area contributed by atoms with E-state index in [1.165, 1.54) is 11.0 Å². The highest BCUT2D eigenvalue weighted by Gasteiger charge is 2.15. The first kappa shape index (κ1) is 20.2. The molecule has 0 aliphatic rings. The van der Waals surface area contributed by atoms with Crippen molar-refractivity contribution in [3.8, 4) is 0 Å². The van der Waals surface area contributed by atoms with Crippen LogP contribution in [0.25, 0.3) is 10.9 Å². The van der Waals surface area contributed by atoms with Gasteiger partial charge in [-0.3, -0.25) is 4.79 Å². The highest BCUT2D eigenvalue weighted by molar-refractivity contribution is 7.99. The van der Waals surface area contributed by atoms with Gasteiger partial charge in [0, 0.05) is 16.8 Å². The molecule has 3 rings (SSSR count). The van der Waals surface area contributed by atoms with Crippen molar-refractivity contribution in [2.45, 2.75) is 11.3 Å². The van der Waals surface area contributed by atoms with Crippen LogP contribution in [0.3, 0.4) is 0 Å². The first-order valence-corrected chi connectivity index (χ1v) is 10.2. The number of carbonyl (C=O) groups is 2. The summed E-state index contributed by atoms with van der Waals surface area (Å²) in [5.74, 6) is -0.0382. The smallest absolute Gasteiger partial charge is 0.339 e. The second-order valence-electron chi connectivity index (χ2n) is 5.95. The van der Waals surface area contributed by atoms with E-state index in [1.54, 1.807) is 30.0 Å². The molecule has 0 radical (unpaired) electrons. The molecule has 5 nitrogen and oxygen atoms in total. The molecule has 0 saturated heterocycles. The normalized spacial score (nSPS) is 10.6. The van der Waals surface area contributed by atoms with Crippen LogP contribution in [0.15, 0.2) is 65.6 Å². The minimum absolute atomic E-state index is 0.200. The number of aromatic nitrogens is 1. The van der Waals surface area contributed by atoms with Gasteiger partial charge in [-0.15, -0.1) is 11.8 Å². The van der Waals surface area contributed by atoms with E-state index in [-0.39, 0.29) is 17.7 Å². The predicted molar refractivity (Wildman–Crippen MR) is 112 cm³/mol. The number of nitrogens with zero attached hydrogens (tertiary/aromatic N) is 1. The van der Waals surface area contributed by atoms with E-state index in [2.05, 4.69) is 22.4 Å². The summed E-state index contributed by atoms with van der Waals surface area (Å²) in [7, 11) is 0. The first-order valence-electron chi connectivity index (χ1n) is 8.80. The van der Waals surface area contributed by atoms with Crippen molar-refractivity contribution in [3.05, 3.63) is 71.4 Å². The second kappa shape index (κ2) is 10.1. The number of ether oxygens (including phenoxy) is 1. The van der Waals surface area contributed by atoms with Gasteiger partial charge in [0.25, 0.3) is 5.91 Å². The molecule has 1 N–H and O–H groups in total. The molecule has 28 heavy (non-hydrogen) atoms. The van der Waals surface area contributed by atoms with Gasteiger partial charge in [0.2, 0.25) is 0 Å². The van der Waals surface area contributed by atoms with Crippen LogP contribution in [0.1, 0.15) is 16.8 Å². The molecule has 0 fully saturated rings. The molecule has 7 heteroatoms. The number of benzene rings is 2. The Kier molecular flexibility index (Phi) is 7.28. The van der Waals surface area contributed by atoms with Gasteiger partial charge in [-0.1, -0.05) is 48.0 Å². The van der Waals surface area contributed by atoms with Crippen LogP contribution in [0, 0.1) is 0 Å². The van der Waals surface area contributed by atoms with Crippen molar-refractivity contribution in [3.63, 3.8) is 0 Å². The fourth-order valence-corrected chi connectivity index (χ4v) is 3.65. The number of amides is 1. The summed E-state index contributed by atoms with van der Waals surface area (Å²) in [5.41, 5.74) is 0.893. The topological polar surface area (TPSA) is 68.3 Å². The van der Waals surface area contributed by atoms with Crippen LogP contribution in [-0.4, -0.2) is 35.8 Å². The summed E-state index contributed by atoms with van der Waals surface area (Å²) in [4.78, 5) is 29.6. The number of fused-ring (bicyclic) bond motifs is 1. The molecular weight excluding hydrogens is 396 g/mol. The average molecular weight is 415 g/mol. The molecular formula is C21H19ClN2O3S. The Hall–Kier alpha value is -2.57. The van der Waals surface area contributed by atoms with Crippen molar-refractivity contribution in [1.29, 1.82) is 0 Å². The van der Waals surface area contributed by atoms with Gasteiger partial charge in [-0.05, 0) is 36.4 Å². The van der Waals surface area contributed by atoms with Crippen molar-refractivity contribution in [2.75, 3.05) is 18.9 Å². The number of pyridine rings is 1. The van der Waals surface area contributed by atoms with Crippen LogP contribution in [0.4, 0.5) is 0 Å². The molecule has 1 aromatic heterocycles. The number of nitrogens with one attached hydrogen (secondary N) is 1. The Morgan fingerprint density at radius 2 is 1.82 bits per heavy atom. The van der Waals surface area contributed by atoms with Crippen molar-refractivity contribution >= 4 is 46.1 Å². The lowest BCUT2D eigenvalue weighted by molar-refractivity contribution is -0.124. The Bertz CT molecular complexity index is 966. The molecule has 3 aromatic rings. The van der Waals surface area contributed by atoms with E-state index in [0.29, 0.717) is 23.0 Å². The maximum Gasteiger partial charge on any atom is 0.339 e. The molecule has 0 aliphatic carbocycles. The summed E-state index contributed by atoms with van der Waals surface area (Å²) in [5, 5.41) is 3.59. The Labute approximate surface area is 172 Å². The van der Waals surface area contributed by atoms with Crippen LogP contribution in [0.2, 0.25) is 5.15 Å². The highest BCUT2D eigenvalue weighted by Crippen LogP contribution is 2.21. The summed E-state index contributed by atoms with van der Waals surface area (Å²) >= 11 is 7.71. The number of halogens is 1. The van der Waals surface area contributed by atoms with Gasteiger partial charge in [0.1, 0.15) is 5.15 Å². The summed E-state index contributed by atoms with van der Waals surface area (Å²) in [6.45, 7) is 0.194. The maximum atomic E-state index is 12.4. The van der Waals surface area contributed by atoms with Crippen LogP contribution in [-0.2, 0) is 9.53 Å². The van der Waals surface area contributed by atoms with Crippen LogP contribution < -0.4 is 5.32 Å². The van der Waals surface area contributed by atoms with Crippen LogP contribution in [0.5, 0.6) is 0 Å². The van der Waals surface area contributed by atoms with Crippen molar-refractivity contribution in [1.82, 2.24) is 10.3 Å². The zero-order valence-electron chi connectivity index (χ0n) is 15.1. The molecule has 0 bridgehead atoms. The molecule has 1 heterocycles. The molecule has 0 saturated carbocycles. The number of carbonyl (C=O) groups excluding carboxylic acids is 2. The number of para-hydroxylation sites is 1. The number of thioether (sulfide) groups is 1. The molecule has 1 amide bonds. The van der Waals surface area contributed by atoms with Gasteiger partial charge >= 0.3 is 5.97 Å². The molecule has 0 unspecified atom stereocenters. The third-order valence-electron chi connectivity index (χ3n) is 3.89. The van der Waals surface area contributed by atoms with E-state index < -0.39 is 5.97 Å². The van der Waals surface area contributed by atoms with E-state index in [4.69, 9.17) is 16.3 Å². The number of hydrogen-bond donors (Lipinski definition) is 1. The number of esters is 1. The largest absolute Gasteiger partial charge is 0.452 e. The molecule has 144 valence electrons. The Morgan fingerprint density at radius 3 is 2.64 bits per heavy atom. The quantitative estimate of drug-likeness (QED) is 0.257. The average Bonchev–Trinajstić information content (AvgIpc) is 2.72. The van der Waals surface area contributed by atoms with Gasteiger partial charge in [0.15, 0.2) is 6.61 Å². The monoisotopic (exact) mass is 414 g/mol. The third-order valence-corrected chi connectivity index (χ3v) is 5.19. The number of rotatable bonds is 8. The van der Waals surface area contributed by atoms with Gasteiger partial charge < -0.3 is 10.1 Å². The van der Waals surface area contributed by atoms with Gasteiger partial charge in [-0.2, -0.15) is 0 Å². The zero-order valence-corrected chi connectivity index (χ0v) is 16.6. The lowest BCUT2D eigenvalue weighted by Gasteiger charge is -2.09. The fraction of sp³-hybridized carbons (Fsp3) is 0.190. The molecule has 2 aromatic carbocycles. The van der Waals surface area contributed by atoms with E-state index >= 15 is 0 Å². The fourth-order valence-electron chi connectivity index (χ4n) is 2.58. The predicted octanol–water partition coefficient (Wildman–Crippen LogP) is 4.34. The summed E-state index contributed by atoms with van der Waals surface area (Å²) in [6.07, 6.45) is 0.823. The van der Waals surface area contributed by atoms with Crippen LogP contribution >= 0.6 is 23.4 Å². The highest BCUT2D eigenvalue weighted by atomic mass is 35.5. The Morgan fingerprint density at radius 1 is 1.07 bits per heavy atom. The standard InChI is InChI=1S/C21H19ClN2O3S/c22-19-13-17(16-9-4-5-10-18(16)24-19)21(26)27-14-20(25)23-11-6-12-28-15-7-2-1-3-8-15/h1-5,7-10,13H,6,11-12,14H2,(H,23,25). The maximum absolute atomic E-state index is 12.4. The lowest BCUT2D eigenvalue weighted by atomic mass is 10.1. The first-order chi connectivity index (χ1) is 13.6. The third kappa shape index (κ3) is 5.71. The van der Waals surface area contributed by atoms with Gasteiger partial charge in [-0.25, -0.2) is 9.78 Å². The Balaban J connectivity index is 1.43. The molecule has 0 atom stereocenters. The minimum Gasteiger partial charge on any atom is -0.452 e. The molecule has 0 spiro atoms. The minimum atomic E-state index is -0.602. The van der Waals surface area contributed by atoms with Gasteiger partial charge in [0.05, 0.1) is 11.1 Å². The summed E-state index contributed by atoms with van der Waals surface area (Å²) in [6, 6.07) is 18.7. The van der Waals surface area contributed by atoms with E-state index in [9.17, 15) is 9.59 Å². The van der Waals surface area contributed by atoms with Crippen molar-refractivity contribution < 1.29 is 14.3 Å². The van der Waals surface area contributed by atoms with E-state index in [0.717, 1.165) is 12.2 Å². The SMILES string of the molecule is O=C(COC(=O)c1cc(Cl)nc2ccccc12)NCCCSc1ccccc1. The number of hydrogen-bond acceptors (Lipinski definition) is 5. The summed E-state index contributed by atoms with van der Waals surface area (Å²) < 4.78 is 5.14. The second-order valence-corrected chi connectivity index (χ2v) is 7.51.